The zero-order valence-corrected chi connectivity index (χ0v) is 10.6. The first kappa shape index (κ1) is 12.2. The number of hydrogen-bond acceptors (Lipinski definition) is 2. The van der Waals surface area contributed by atoms with E-state index in [0.29, 0.717) is 12.6 Å². The fourth-order valence-corrected chi connectivity index (χ4v) is 2.38. The van der Waals surface area contributed by atoms with E-state index in [9.17, 15) is 4.79 Å². The van der Waals surface area contributed by atoms with Crippen molar-refractivity contribution >= 4 is 5.91 Å². The third-order valence-electron chi connectivity index (χ3n) is 3.30. The average Bonchev–Trinajstić information content (AvgIpc) is 2.77. The molecule has 2 rings (SSSR count). The molecule has 1 aromatic rings. The van der Waals surface area contributed by atoms with Crippen LogP contribution < -0.4 is 5.73 Å². The predicted molar refractivity (Wildman–Crippen MR) is 67.9 cm³/mol. The zero-order chi connectivity index (χ0) is 12.4. The molecule has 0 spiro atoms. The van der Waals surface area contributed by atoms with Gasteiger partial charge in [-0.1, -0.05) is 0 Å². The fourth-order valence-electron chi connectivity index (χ4n) is 2.38. The molecule has 1 amide bonds. The van der Waals surface area contributed by atoms with Gasteiger partial charge in [0.1, 0.15) is 5.69 Å². The van der Waals surface area contributed by atoms with Crippen molar-refractivity contribution in [1.82, 2.24) is 9.47 Å². The molecule has 0 aliphatic carbocycles. The molecule has 1 aliphatic rings. The van der Waals surface area contributed by atoms with Gasteiger partial charge in [0.05, 0.1) is 0 Å². The van der Waals surface area contributed by atoms with Gasteiger partial charge < -0.3 is 15.2 Å². The highest BCUT2D eigenvalue weighted by molar-refractivity contribution is 5.93. The number of likely N-dealkylation sites (tertiary alicyclic amines) is 1. The van der Waals surface area contributed by atoms with E-state index in [1.54, 1.807) is 0 Å². The van der Waals surface area contributed by atoms with Gasteiger partial charge in [0, 0.05) is 31.4 Å². The van der Waals surface area contributed by atoms with E-state index in [1.165, 1.54) is 0 Å². The van der Waals surface area contributed by atoms with Gasteiger partial charge in [0.15, 0.2) is 0 Å². The lowest BCUT2D eigenvalue weighted by molar-refractivity contribution is 0.0696. The summed E-state index contributed by atoms with van der Waals surface area (Å²) in [5, 5.41) is 0. The molecule has 1 atom stereocenters. The van der Waals surface area contributed by atoms with E-state index in [1.807, 2.05) is 27.8 Å². The number of piperidine rings is 1. The van der Waals surface area contributed by atoms with Crippen molar-refractivity contribution in [3.05, 3.63) is 24.0 Å². The van der Waals surface area contributed by atoms with Crippen LogP contribution in [0.5, 0.6) is 0 Å². The normalized spacial score (nSPS) is 20.9. The van der Waals surface area contributed by atoms with Gasteiger partial charge >= 0.3 is 0 Å². The first-order valence-corrected chi connectivity index (χ1v) is 6.31. The molecule has 1 unspecified atom stereocenters. The Hall–Kier alpha value is -1.29. The molecule has 17 heavy (non-hydrogen) atoms. The van der Waals surface area contributed by atoms with E-state index in [0.717, 1.165) is 25.1 Å². The van der Waals surface area contributed by atoms with Gasteiger partial charge in [-0.25, -0.2) is 0 Å². The summed E-state index contributed by atoms with van der Waals surface area (Å²) < 4.78 is 2.02. The lowest BCUT2D eigenvalue weighted by Gasteiger charge is -2.31. The van der Waals surface area contributed by atoms with Gasteiger partial charge in [-0.15, -0.1) is 0 Å². The van der Waals surface area contributed by atoms with Crippen LogP contribution in [-0.4, -0.2) is 34.5 Å². The molecule has 2 N–H and O–H groups in total. The Balaban J connectivity index is 2.16. The Kier molecular flexibility index (Phi) is 3.52. The number of nitrogens with two attached hydrogens (primary N) is 1. The molecule has 0 aromatic carbocycles. The minimum absolute atomic E-state index is 0.110. The monoisotopic (exact) mass is 235 g/mol. The van der Waals surface area contributed by atoms with Crippen molar-refractivity contribution < 1.29 is 4.79 Å². The Bertz CT molecular complexity index is 397. The molecule has 0 saturated carbocycles. The first-order chi connectivity index (χ1) is 8.09. The van der Waals surface area contributed by atoms with Crippen LogP contribution in [0.2, 0.25) is 0 Å². The molecular formula is C13H21N3O. The van der Waals surface area contributed by atoms with E-state index >= 15 is 0 Å². The fraction of sp³-hybridized carbons (Fsp3) is 0.615. The highest BCUT2D eigenvalue weighted by atomic mass is 16.2. The quantitative estimate of drug-likeness (QED) is 0.847. The second kappa shape index (κ2) is 4.92. The van der Waals surface area contributed by atoms with Gasteiger partial charge in [0.25, 0.3) is 5.91 Å². The molecule has 1 fully saturated rings. The molecule has 1 aliphatic heterocycles. The first-order valence-electron chi connectivity index (χ1n) is 6.31. The van der Waals surface area contributed by atoms with Crippen LogP contribution in [0.15, 0.2) is 18.3 Å². The SMILES string of the molecule is CC(C)n1cccc1C(=O)N1CCCC(N)C1. The lowest BCUT2D eigenvalue weighted by Crippen LogP contribution is -2.46. The van der Waals surface area contributed by atoms with Crippen LogP contribution in [0.25, 0.3) is 0 Å². The Morgan fingerprint density at radius 3 is 2.94 bits per heavy atom. The van der Waals surface area contributed by atoms with Crippen LogP contribution in [0.4, 0.5) is 0 Å². The molecule has 1 saturated heterocycles. The Morgan fingerprint density at radius 1 is 1.53 bits per heavy atom. The average molecular weight is 235 g/mol. The van der Waals surface area contributed by atoms with Gasteiger partial charge in [-0.2, -0.15) is 0 Å². The highest BCUT2D eigenvalue weighted by Gasteiger charge is 2.24. The maximum Gasteiger partial charge on any atom is 0.270 e. The minimum atomic E-state index is 0.110. The molecule has 94 valence electrons. The standard InChI is InChI=1S/C13H21N3O/c1-10(2)16-8-4-6-12(16)13(17)15-7-3-5-11(14)9-15/h4,6,8,10-11H,3,5,7,9,14H2,1-2H3. The van der Waals surface area contributed by atoms with Crippen molar-refractivity contribution in [2.45, 2.75) is 38.8 Å². The maximum atomic E-state index is 12.4. The third-order valence-corrected chi connectivity index (χ3v) is 3.30. The van der Waals surface area contributed by atoms with E-state index in [4.69, 9.17) is 5.73 Å². The predicted octanol–water partition coefficient (Wildman–Crippen LogP) is 1.63. The summed E-state index contributed by atoms with van der Waals surface area (Å²) in [5.74, 6) is 0.110. The van der Waals surface area contributed by atoms with Gasteiger partial charge in [0.2, 0.25) is 0 Å². The third kappa shape index (κ3) is 2.52. The number of aromatic nitrogens is 1. The molecule has 4 heteroatoms. The lowest BCUT2D eigenvalue weighted by atomic mass is 10.1. The Morgan fingerprint density at radius 2 is 2.29 bits per heavy atom. The summed E-state index contributed by atoms with van der Waals surface area (Å²) in [6, 6.07) is 4.26. The molecule has 0 radical (unpaired) electrons. The summed E-state index contributed by atoms with van der Waals surface area (Å²) in [4.78, 5) is 14.3. The number of hydrogen-bond donors (Lipinski definition) is 1. The summed E-state index contributed by atoms with van der Waals surface area (Å²) in [6.07, 6.45) is 3.99. The van der Waals surface area contributed by atoms with Crippen molar-refractivity contribution in [3.8, 4) is 0 Å². The highest BCUT2D eigenvalue weighted by Crippen LogP contribution is 2.16. The number of carbonyl (C=O) groups is 1. The summed E-state index contributed by atoms with van der Waals surface area (Å²) in [6.45, 7) is 5.68. The van der Waals surface area contributed by atoms with Crippen molar-refractivity contribution in [2.24, 2.45) is 5.73 Å². The molecule has 2 heterocycles. The molecule has 0 bridgehead atoms. The largest absolute Gasteiger partial charge is 0.341 e. The van der Waals surface area contributed by atoms with Crippen molar-refractivity contribution in [1.29, 1.82) is 0 Å². The molecule has 4 nitrogen and oxygen atoms in total. The van der Waals surface area contributed by atoms with Crippen LogP contribution >= 0.6 is 0 Å². The van der Waals surface area contributed by atoms with Crippen molar-refractivity contribution in [2.75, 3.05) is 13.1 Å². The summed E-state index contributed by atoms with van der Waals surface area (Å²) >= 11 is 0. The van der Waals surface area contributed by atoms with Gasteiger partial charge in [-0.3, -0.25) is 4.79 Å². The second-order valence-electron chi connectivity index (χ2n) is 5.05. The number of nitrogens with zero attached hydrogens (tertiary/aromatic N) is 2. The van der Waals surface area contributed by atoms with Gasteiger partial charge in [-0.05, 0) is 38.8 Å². The van der Waals surface area contributed by atoms with Crippen LogP contribution in [-0.2, 0) is 0 Å². The zero-order valence-electron chi connectivity index (χ0n) is 10.6. The van der Waals surface area contributed by atoms with Crippen molar-refractivity contribution in [3.63, 3.8) is 0 Å². The van der Waals surface area contributed by atoms with E-state index in [2.05, 4.69) is 13.8 Å². The molecule has 1 aromatic heterocycles. The smallest absolute Gasteiger partial charge is 0.270 e. The number of amides is 1. The topological polar surface area (TPSA) is 51.3 Å². The van der Waals surface area contributed by atoms with E-state index in [-0.39, 0.29) is 11.9 Å². The maximum absolute atomic E-state index is 12.4. The summed E-state index contributed by atoms with van der Waals surface area (Å²) in [7, 11) is 0. The number of rotatable bonds is 2. The summed E-state index contributed by atoms with van der Waals surface area (Å²) in [5.41, 5.74) is 6.69. The van der Waals surface area contributed by atoms with Crippen LogP contribution in [0.1, 0.15) is 43.2 Å². The van der Waals surface area contributed by atoms with Crippen LogP contribution in [0, 0.1) is 0 Å². The minimum Gasteiger partial charge on any atom is -0.341 e. The van der Waals surface area contributed by atoms with E-state index < -0.39 is 0 Å². The van der Waals surface area contributed by atoms with Crippen LogP contribution in [0.3, 0.4) is 0 Å². The number of carbonyl (C=O) groups excluding carboxylic acids is 1. The second-order valence-corrected chi connectivity index (χ2v) is 5.05. The Labute approximate surface area is 102 Å². The molecular weight excluding hydrogens is 214 g/mol.